The van der Waals surface area contributed by atoms with Crippen LogP contribution in [0.5, 0.6) is 0 Å². The number of hydrogen-bond acceptors (Lipinski definition) is 2. The van der Waals surface area contributed by atoms with Crippen molar-refractivity contribution in [2.75, 3.05) is 27.2 Å². The molecule has 0 bridgehead atoms. The van der Waals surface area contributed by atoms with Gasteiger partial charge in [0.05, 0.1) is 0 Å². The van der Waals surface area contributed by atoms with Crippen LogP contribution >= 0.6 is 0 Å². The highest BCUT2D eigenvalue weighted by Gasteiger charge is 2.35. The molecule has 2 heteroatoms. The second-order valence-corrected chi connectivity index (χ2v) is 5.56. The molecule has 0 aromatic carbocycles. The molecule has 2 nitrogen and oxygen atoms in total. The van der Waals surface area contributed by atoms with E-state index in [1.807, 2.05) is 0 Å². The second kappa shape index (κ2) is 7.29. The molecular weight excluding hydrogens is 196 g/mol. The summed E-state index contributed by atoms with van der Waals surface area (Å²) >= 11 is 0. The van der Waals surface area contributed by atoms with Crippen molar-refractivity contribution in [2.45, 2.75) is 63.8 Å². The van der Waals surface area contributed by atoms with Crippen molar-refractivity contribution in [3.63, 3.8) is 0 Å². The molecule has 0 aliphatic heterocycles. The summed E-state index contributed by atoms with van der Waals surface area (Å²) in [5.41, 5.74) is 0.463. The minimum atomic E-state index is 0.463. The third-order valence-electron chi connectivity index (χ3n) is 4.14. The monoisotopic (exact) mass is 226 g/mol. The van der Waals surface area contributed by atoms with Crippen LogP contribution in [0, 0.1) is 0 Å². The van der Waals surface area contributed by atoms with Gasteiger partial charge in [-0.2, -0.15) is 0 Å². The molecular formula is C14H30N2. The number of nitrogens with zero attached hydrogens (tertiary/aromatic N) is 1. The van der Waals surface area contributed by atoms with Crippen LogP contribution in [0.3, 0.4) is 0 Å². The Hall–Kier alpha value is -0.0800. The van der Waals surface area contributed by atoms with E-state index in [0.717, 1.165) is 0 Å². The minimum Gasteiger partial charge on any atom is -0.315 e. The predicted molar refractivity (Wildman–Crippen MR) is 71.9 cm³/mol. The van der Waals surface area contributed by atoms with Gasteiger partial charge in [-0.1, -0.05) is 39.0 Å². The van der Waals surface area contributed by atoms with E-state index in [1.54, 1.807) is 0 Å². The van der Waals surface area contributed by atoms with E-state index in [4.69, 9.17) is 0 Å². The molecule has 1 aliphatic carbocycles. The number of nitrogens with one attached hydrogen (secondary N) is 1. The molecule has 1 aliphatic rings. The number of unbranched alkanes of at least 4 members (excludes halogenated alkanes) is 3. The van der Waals surface area contributed by atoms with Crippen molar-refractivity contribution in [3.8, 4) is 0 Å². The summed E-state index contributed by atoms with van der Waals surface area (Å²) in [5, 5.41) is 3.67. The van der Waals surface area contributed by atoms with E-state index in [0.29, 0.717) is 5.54 Å². The highest BCUT2D eigenvalue weighted by molar-refractivity contribution is 4.94. The lowest BCUT2D eigenvalue weighted by Gasteiger charge is -2.36. The molecule has 96 valence electrons. The van der Waals surface area contributed by atoms with E-state index in [9.17, 15) is 0 Å². The molecule has 0 atom stereocenters. The maximum atomic E-state index is 3.67. The summed E-state index contributed by atoms with van der Waals surface area (Å²) in [6.07, 6.45) is 11.0. The van der Waals surface area contributed by atoms with Crippen LogP contribution in [-0.2, 0) is 0 Å². The zero-order valence-corrected chi connectivity index (χ0v) is 11.5. The Morgan fingerprint density at radius 3 is 2.31 bits per heavy atom. The first-order valence-corrected chi connectivity index (χ1v) is 7.09. The molecule has 0 aromatic heterocycles. The Balaban J connectivity index is 2.14. The molecule has 1 fully saturated rings. The summed E-state index contributed by atoms with van der Waals surface area (Å²) in [6, 6.07) is 0. The molecule has 0 heterocycles. The maximum absolute atomic E-state index is 3.67. The van der Waals surface area contributed by atoms with Gasteiger partial charge in [-0.25, -0.2) is 0 Å². The van der Waals surface area contributed by atoms with Gasteiger partial charge in [0.1, 0.15) is 0 Å². The zero-order chi connectivity index (χ0) is 11.9. The van der Waals surface area contributed by atoms with Gasteiger partial charge in [-0.3, -0.25) is 0 Å². The third kappa shape index (κ3) is 4.06. The largest absolute Gasteiger partial charge is 0.315 e. The number of rotatable bonds is 8. The molecule has 16 heavy (non-hydrogen) atoms. The summed E-state index contributed by atoms with van der Waals surface area (Å²) < 4.78 is 0. The smallest absolute Gasteiger partial charge is 0.0327 e. The topological polar surface area (TPSA) is 15.3 Å². The molecule has 0 spiro atoms. The molecule has 0 radical (unpaired) electrons. The van der Waals surface area contributed by atoms with Crippen LogP contribution < -0.4 is 5.32 Å². The van der Waals surface area contributed by atoms with E-state index >= 15 is 0 Å². The molecule has 1 N–H and O–H groups in total. The van der Waals surface area contributed by atoms with Crippen molar-refractivity contribution in [1.82, 2.24) is 10.2 Å². The standard InChI is InChI=1S/C14H30N2/c1-4-5-6-9-12-15-13-14(16(2)3)10-7-8-11-14/h15H,4-13H2,1-3H3. The Morgan fingerprint density at radius 2 is 1.75 bits per heavy atom. The Labute approximate surface area is 102 Å². The average Bonchev–Trinajstić information content (AvgIpc) is 2.73. The fraction of sp³-hybridized carbons (Fsp3) is 1.00. The molecule has 1 saturated carbocycles. The molecule has 0 amide bonds. The first-order valence-electron chi connectivity index (χ1n) is 7.09. The summed E-state index contributed by atoms with van der Waals surface area (Å²) in [7, 11) is 4.48. The van der Waals surface area contributed by atoms with Gasteiger partial charge >= 0.3 is 0 Å². The molecule has 0 saturated heterocycles. The van der Waals surface area contributed by atoms with Crippen molar-refractivity contribution in [3.05, 3.63) is 0 Å². The fourth-order valence-corrected chi connectivity index (χ4v) is 2.81. The van der Waals surface area contributed by atoms with Gasteiger partial charge in [0.2, 0.25) is 0 Å². The van der Waals surface area contributed by atoms with Crippen molar-refractivity contribution >= 4 is 0 Å². The molecule has 0 unspecified atom stereocenters. The van der Waals surface area contributed by atoms with Crippen LogP contribution in [0.2, 0.25) is 0 Å². The lowest BCUT2D eigenvalue weighted by atomic mass is 9.96. The minimum absolute atomic E-state index is 0.463. The van der Waals surface area contributed by atoms with Crippen molar-refractivity contribution in [2.24, 2.45) is 0 Å². The van der Waals surface area contributed by atoms with Crippen LogP contribution in [0.15, 0.2) is 0 Å². The van der Waals surface area contributed by atoms with Gasteiger partial charge in [0.25, 0.3) is 0 Å². The van der Waals surface area contributed by atoms with Gasteiger partial charge in [0, 0.05) is 12.1 Å². The van der Waals surface area contributed by atoms with Crippen LogP contribution in [-0.4, -0.2) is 37.6 Å². The lowest BCUT2D eigenvalue weighted by molar-refractivity contribution is 0.154. The van der Waals surface area contributed by atoms with Crippen molar-refractivity contribution in [1.29, 1.82) is 0 Å². The van der Waals surface area contributed by atoms with E-state index in [2.05, 4.69) is 31.2 Å². The van der Waals surface area contributed by atoms with Crippen LogP contribution in [0.1, 0.15) is 58.3 Å². The van der Waals surface area contributed by atoms with Crippen LogP contribution in [0.25, 0.3) is 0 Å². The quantitative estimate of drug-likeness (QED) is 0.640. The number of hydrogen-bond donors (Lipinski definition) is 1. The van der Waals surface area contributed by atoms with Gasteiger partial charge in [-0.05, 0) is 39.9 Å². The third-order valence-corrected chi connectivity index (χ3v) is 4.14. The normalized spacial score (nSPS) is 19.5. The van der Waals surface area contributed by atoms with E-state index in [-0.39, 0.29) is 0 Å². The van der Waals surface area contributed by atoms with Crippen molar-refractivity contribution < 1.29 is 0 Å². The lowest BCUT2D eigenvalue weighted by Crippen LogP contribution is -2.49. The Bertz CT molecular complexity index is 172. The Morgan fingerprint density at radius 1 is 1.06 bits per heavy atom. The van der Waals surface area contributed by atoms with Crippen LogP contribution in [0.4, 0.5) is 0 Å². The van der Waals surface area contributed by atoms with Gasteiger partial charge < -0.3 is 10.2 Å². The molecule has 0 aromatic rings. The molecule has 1 rings (SSSR count). The highest BCUT2D eigenvalue weighted by atomic mass is 15.2. The summed E-state index contributed by atoms with van der Waals surface area (Å²) in [6.45, 7) is 4.66. The van der Waals surface area contributed by atoms with Gasteiger partial charge in [-0.15, -0.1) is 0 Å². The predicted octanol–water partition coefficient (Wildman–Crippen LogP) is 3.03. The summed E-state index contributed by atoms with van der Waals surface area (Å²) in [5.74, 6) is 0. The number of likely N-dealkylation sites (N-methyl/N-ethyl adjacent to an activating group) is 1. The van der Waals surface area contributed by atoms with E-state index < -0.39 is 0 Å². The average molecular weight is 226 g/mol. The fourth-order valence-electron chi connectivity index (χ4n) is 2.81. The first-order chi connectivity index (χ1) is 7.71. The first kappa shape index (κ1) is 14.0. The maximum Gasteiger partial charge on any atom is 0.0327 e. The van der Waals surface area contributed by atoms with E-state index in [1.165, 1.54) is 64.5 Å². The second-order valence-electron chi connectivity index (χ2n) is 5.56. The SMILES string of the molecule is CCCCCCNCC1(N(C)C)CCCC1. The summed E-state index contributed by atoms with van der Waals surface area (Å²) in [4.78, 5) is 2.44. The van der Waals surface area contributed by atoms with Gasteiger partial charge in [0.15, 0.2) is 0 Å². The highest BCUT2D eigenvalue weighted by Crippen LogP contribution is 2.32. The Kier molecular flexibility index (Phi) is 6.37. The zero-order valence-electron chi connectivity index (χ0n) is 11.5.